The van der Waals surface area contributed by atoms with Crippen LogP contribution in [0.2, 0.25) is 5.02 Å². The van der Waals surface area contributed by atoms with Gasteiger partial charge in [-0.05, 0) is 48.5 Å². The van der Waals surface area contributed by atoms with Crippen molar-refractivity contribution in [3.63, 3.8) is 0 Å². The fraction of sp³-hybridized carbons (Fsp3) is 0.174. The molecule has 1 amide bonds. The third-order valence-electron chi connectivity index (χ3n) is 4.68. The van der Waals surface area contributed by atoms with Gasteiger partial charge in [0.05, 0.1) is 24.8 Å². The molecular formula is C23H23ClN2O6S. The molecule has 3 aromatic rings. The summed E-state index contributed by atoms with van der Waals surface area (Å²) in [4.78, 5) is 12.4. The van der Waals surface area contributed by atoms with Crippen LogP contribution in [-0.2, 0) is 14.8 Å². The minimum atomic E-state index is -3.74. The maximum absolute atomic E-state index is 12.8. The summed E-state index contributed by atoms with van der Waals surface area (Å²) >= 11 is 5.84. The van der Waals surface area contributed by atoms with E-state index in [4.69, 9.17) is 25.8 Å². The van der Waals surface area contributed by atoms with Crippen molar-refractivity contribution in [2.45, 2.75) is 4.90 Å². The van der Waals surface area contributed by atoms with E-state index in [-0.39, 0.29) is 17.4 Å². The largest absolute Gasteiger partial charge is 0.497 e. The monoisotopic (exact) mass is 490 g/mol. The minimum Gasteiger partial charge on any atom is -0.497 e. The van der Waals surface area contributed by atoms with Gasteiger partial charge in [0.2, 0.25) is 0 Å². The number of nitrogens with zero attached hydrogens (tertiary/aromatic N) is 1. The van der Waals surface area contributed by atoms with E-state index in [0.717, 1.165) is 4.31 Å². The standard InChI is InChI=1S/C23H23ClN2O6S/c1-26(33(28,29)22-10-4-16(24)5-11-22)18-6-8-19(9-7-18)32-15-23(27)25-17-12-20(30-2)14-21(13-17)31-3/h4-14H,15H2,1-3H3,(H,25,27). The molecule has 0 unspecified atom stereocenters. The Hall–Kier alpha value is -3.43. The van der Waals surface area contributed by atoms with Crippen molar-refractivity contribution in [2.24, 2.45) is 0 Å². The van der Waals surface area contributed by atoms with Crippen LogP contribution in [0.3, 0.4) is 0 Å². The maximum Gasteiger partial charge on any atom is 0.264 e. The molecule has 3 rings (SSSR count). The number of carbonyl (C=O) groups excluding carboxylic acids is 1. The summed E-state index contributed by atoms with van der Waals surface area (Å²) in [7, 11) is 0.748. The molecule has 0 aromatic heterocycles. The number of rotatable bonds is 9. The Morgan fingerprint density at radius 2 is 1.48 bits per heavy atom. The Balaban J connectivity index is 1.61. The Morgan fingerprint density at radius 3 is 2.03 bits per heavy atom. The van der Waals surface area contributed by atoms with E-state index in [2.05, 4.69) is 5.32 Å². The smallest absolute Gasteiger partial charge is 0.264 e. The highest BCUT2D eigenvalue weighted by molar-refractivity contribution is 7.92. The summed E-state index contributed by atoms with van der Waals surface area (Å²) in [6.07, 6.45) is 0. The number of benzene rings is 3. The molecule has 0 aliphatic heterocycles. The zero-order valence-electron chi connectivity index (χ0n) is 18.2. The first-order chi connectivity index (χ1) is 15.7. The number of anilines is 2. The lowest BCUT2D eigenvalue weighted by Gasteiger charge is -2.20. The van der Waals surface area contributed by atoms with E-state index in [9.17, 15) is 13.2 Å². The Morgan fingerprint density at radius 1 is 0.909 bits per heavy atom. The van der Waals surface area contributed by atoms with Gasteiger partial charge in [-0.15, -0.1) is 0 Å². The van der Waals surface area contributed by atoms with Crippen molar-refractivity contribution in [1.29, 1.82) is 0 Å². The highest BCUT2D eigenvalue weighted by Crippen LogP contribution is 2.27. The fourth-order valence-electron chi connectivity index (χ4n) is 2.88. The number of halogens is 1. The lowest BCUT2D eigenvalue weighted by Crippen LogP contribution is -2.26. The number of sulfonamides is 1. The summed E-state index contributed by atoms with van der Waals surface area (Å²) in [6, 6.07) is 17.3. The van der Waals surface area contributed by atoms with Gasteiger partial charge < -0.3 is 19.5 Å². The number of amides is 1. The Kier molecular flexibility index (Phi) is 7.67. The molecule has 0 aliphatic carbocycles. The number of hydrogen-bond donors (Lipinski definition) is 1. The molecule has 0 spiro atoms. The van der Waals surface area contributed by atoms with Gasteiger partial charge in [0.1, 0.15) is 17.2 Å². The lowest BCUT2D eigenvalue weighted by molar-refractivity contribution is -0.118. The van der Waals surface area contributed by atoms with Gasteiger partial charge in [-0.2, -0.15) is 0 Å². The summed E-state index contributed by atoms with van der Waals surface area (Å²) in [5.74, 6) is 1.11. The molecule has 10 heteroatoms. The zero-order chi connectivity index (χ0) is 24.0. The molecule has 0 heterocycles. The van der Waals surface area contributed by atoms with E-state index in [1.54, 1.807) is 42.5 Å². The molecule has 0 aliphatic rings. The first-order valence-electron chi connectivity index (χ1n) is 9.73. The molecule has 33 heavy (non-hydrogen) atoms. The van der Waals surface area contributed by atoms with Crippen LogP contribution in [0.5, 0.6) is 17.2 Å². The second-order valence-electron chi connectivity index (χ2n) is 6.86. The second-order valence-corrected chi connectivity index (χ2v) is 9.26. The zero-order valence-corrected chi connectivity index (χ0v) is 19.8. The SMILES string of the molecule is COc1cc(NC(=O)COc2ccc(N(C)S(=O)(=O)c3ccc(Cl)cc3)cc2)cc(OC)c1. The average Bonchev–Trinajstić information content (AvgIpc) is 2.82. The lowest BCUT2D eigenvalue weighted by atomic mass is 10.2. The molecule has 0 fully saturated rings. The van der Waals surface area contributed by atoms with Crippen molar-refractivity contribution in [1.82, 2.24) is 0 Å². The van der Waals surface area contributed by atoms with Gasteiger partial charge in [0.25, 0.3) is 15.9 Å². The quantitative estimate of drug-likeness (QED) is 0.483. The molecule has 174 valence electrons. The van der Waals surface area contributed by atoms with Gasteiger partial charge in [-0.25, -0.2) is 8.42 Å². The molecule has 0 bridgehead atoms. The van der Waals surface area contributed by atoms with Crippen molar-refractivity contribution in [3.05, 3.63) is 71.8 Å². The molecule has 0 radical (unpaired) electrons. The van der Waals surface area contributed by atoms with E-state index in [1.165, 1.54) is 45.5 Å². The molecule has 0 saturated heterocycles. The van der Waals surface area contributed by atoms with Crippen molar-refractivity contribution >= 4 is 38.9 Å². The summed E-state index contributed by atoms with van der Waals surface area (Å²) in [5, 5.41) is 3.16. The van der Waals surface area contributed by atoms with E-state index in [0.29, 0.717) is 33.6 Å². The maximum atomic E-state index is 12.8. The number of ether oxygens (including phenoxy) is 3. The first-order valence-corrected chi connectivity index (χ1v) is 11.5. The van der Waals surface area contributed by atoms with Crippen LogP contribution in [0.4, 0.5) is 11.4 Å². The molecule has 8 nitrogen and oxygen atoms in total. The molecule has 0 saturated carbocycles. The number of carbonyl (C=O) groups is 1. The topological polar surface area (TPSA) is 94.2 Å². The predicted octanol–water partition coefficient (Wildman–Crippen LogP) is 4.20. The number of nitrogens with one attached hydrogen (secondary N) is 1. The van der Waals surface area contributed by atoms with Crippen LogP contribution < -0.4 is 23.8 Å². The van der Waals surface area contributed by atoms with Crippen LogP contribution in [0.1, 0.15) is 0 Å². The Labute approximate surface area is 197 Å². The summed E-state index contributed by atoms with van der Waals surface area (Å²) in [6.45, 7) is -0.238. The van der Waals surface area contributed by atoms with Gasteiger partial charge in [-0.1, -0.05) is 11.6 Å². The molecule has 0 atom stereocenters. The van der Waals surface area contributed by atoms with Crippen LogP contribution in [0.15, 0.2) is 71.6 Å². The molecule has 3 aromatic carbocycles. The minimum absolute atomic E-state index is 0.126. The van der Waals surface area contributed by atoms with Crippen LogP contribution in [-0.4, -0.2) is 42.2 Å². The van der Waals surface area contributed by atoms with Gasteiger partial charge >= 0.3 is 0 Å². The third kappa shape index (κ3) is 6.09. The number of hydrogen-bond acceptors (Lipinski definition) is 6. The molecule has 1 N–H and O–H groups in total. The van der Waals surface area contributed by atoms with E-state index >= 15 is 0 Å². The van der Waals surface area contributed by atoms with Crippen molar-refractivity contribution in [3.8, 4) is 17.2 Å². The van der Waals surface area contributed by atoms with Crippen LogP contribution in [0, 0.1) is 0 Å². The predicted molar refractivity (Wildman–Crippen MR) is 127 cm³/mol. The first kappa shape index (κ1) is 24.2. The summed E-state index contributed by atoms with van der Waals surface area (Å²) < 4.78 is 42.6. The van der Waals surface area contributed by atoms with Gasteiger partial charge in [0, 0.05) is 36.0 Å². The van der Waals surface area contributed by atoms with Crippen LogP contribution in [0.25, 0.3) is 0 Å². The van der Waals surface area contributed by atoms with E-state index < -0.39 is 10.0 Å². The van der Waals surface area contributed by atoms with Crippen molar-refractivity contribution in [2.75, 3.05) is 37.5 Å². The third-order valence-corrected chi connectivity index (χ3v) is 6.73. The Bertz CT molecular complexity index is 1190. The highest BCUT2D eigenvalue weighted by atomic mass is 35.5. The van der Waals surface area contributed by atoms with Crippen LogP contribution >= 0.6 is 11.6 Å². The average molecular weight is 491 g/mol. The van der Waals surface area contributed by atoms with Gasteiger partial charge in [-0.3, -0.25) is 9.10 Å². The molecular weight excluding hydrogens is 468 g/mol. The normalized spacial score (nSPS) is 10.9. The fourth-order valence-corrected chi connectivity index (χ4v) is 4.20. The highest BCUT2D eigenvalue weighted by Gasteiger charge is 2.21. The number of methoxy groups -OCH3 is 2. The summed E-state index contributed by atoms with van der Waals surface area (Å²) in [5.41, 5.74) is 0.939. The second kappa shape index (κ2) is 10.5. The van der Waals surface area contributed by atoms with Gasteiger partial charge in [0.15, 0.2) is 6.61 Å². The van der Waals surface area contributed by atoms with Crippen molar-refractivity contribution < 1.29 is 27.4 Å². The van der Waals surface area contributed by atoms with E-state index in [1.807, 2.05) is 0 Å².